The molecule has 1 fully saturated rings. The van der Waals surface area contributed by atoms with Crippen LogP contribution in [0.5, 0.6) is 0 Å². The van der Waals surface area contributed by atoms with E-state index < -0.39 is 0 Å². The van der Waals surface area contributed by atoms with Crippen molar-refractivity contribution in [3.8, 4) is 0 Å². The highest BCUT2D eigenvalue weighted by Gasteiger charge is 2.23. The number of rotatable bonds is 5. The van der Waals surface area contributed by atoms with Gasteiger partial charge in [-0.3, -0.25) is 9.59 Å². The lowest BCUT2D eigenvalue weighted by molar-refractivity contribution is -0.115. The van der Waals surface area contributed by atoms with Crippen LogP contribution in [0.15, 0.2) is 53.0 Å². The molecule has 2 aromatic carbocycles. The predicted molar refractivity (Wildman–Crippen MR) is 93.4 cm³/mol. The molecule has 0 bridgehead atoms. The Kier molecular flexibility index (Phi) is 4.76. The van der Waals surface area contributed by atoms with Gasteiger partial charge in [0.25, 0.3) is 5.91 Å². The minimum absolute atomic E-state index is 0.0866. The first-order valence-corrected chi connectivity index (χ1v) is 8.35. The van der Waals surface area contributed by atoms with E-state index in [-0.39, 0.29) is 11.8 Å². The van der Waals surface area contributed by atoms with E-state index in [0.717, 1.165) is 22.9 Å². The molecule has 0 radical (unpaired) electrons. The number of nitrogens with one attached hydrogen (secondary N) is 2. The Morgan fingerprint density at radius 3 is 2.52 bits per heavy atom. The van der Waals surface area contributed by atoms with Crippen molar-refractivity contribution >= 4 is 33.4 Å². The Labute approximate surface area is 143 Å². The van der Waals surface area contributed by atoms with Gasteiger partial charge in [-0.1, -0.05) is 34.1 Å². The van der Waals surface area contributed by atoms with Crippen LogP contribution in [0.25, 0.3) is 0 Å². The zero-order valence-electron chi connectivity index (χ0n) is 12.5. The molecule has 5 heteroatoms. The fraction of sp³-hybridized carbons (Fsp3) is 0.222. The third kappa shape index (κ3) is 4.66. The molecule has 118 valence electrons. The minimum atomic E-state index is -0.105. The molecule has 1 aliphatic carbocycles. The van der Waals surface area contributed by atoms with Gasteiger partial charge in [-0.25, -0.2) is 0 Å². The topological polar surface area (TPSA) is 58.2 Å². The SMILES string of the molecule is O=C(Cc1ccc(Br)cc1)Nc1cccc(C(=O)NC2CC2)c1. The van der Waals surface area contributed by atoms with Crippen molar-refractivity contribution in [1.82, 2.24) is 5.32 Å². The summed E-state index contributed by atoms with van der Waals surface area (Å²) in [5.41, 5.74) is 2.14. The van der Waals surface area contributed by atoms with Crippen molar-refractivity contribution in [2.75, 3.05) is 5.32 Å². The van der Waals surface area contributed by atoms with Gasteiger partial charge >= 0.3 is 0 Å². The molecule has 1 saturated carbocycles. The van der Waals surface area contributed by atoms with Crippen LogP contribution >= 0.6 is 15.9 Å². The maximum Gasteiger partial charge on any atom is 0.251 e. The van der Waals surface area contributed by atoms with Crippen molar-refractivity contribution in [3.05, 3.63) is 64.1 Å². The van der Waals surface area contributed by atoms with Crippen LogP contribution in [0, 0.1) is 0 Å². The molecule has 2 N–H and O–H groups in total. The Morgan fingerprint density at radius 1 is 1.09 bits per heavy atom. The first-order chi connectivity index (χ1) is 11.1. The van der Waals surface area contributed by atoms with E-state index in [2.05, 4.69) is 26.6 Å². The second-order valence-electron chi connectivity index (χ2n) is 5.68. The Morgan fingerprint density at radius 2 is 1.83 bits per heavy atom. The molecule has 2 amide bonds. The molecular weight excluding hydrogens is 356 g/mol. The monoisotopic (exact) mass is 372 g/mol. The van der Waals surface area contributed by atoms with E-state index in [0.29, 0.717) is 23.7 Å². The quantitative estimate of drug-likeness (QED) is 0.843. The molecule has 0 atom stereocenters. The summed E-state index contributed by atoms with van der Waals surface area (Å²) < 4.78 is 0.982. The predicted octanol–water partition coefficient (Wildman–Crippen LogP) is 3.52. The zero-order valence-corrected chi connectivity index (χ0v) is 14.1. The Balaban J connectivity index is 1.61. The van der Waals surface area contributed by atoms with Gasteiger partial charge in [-0.15, -0.1) is 0 Å². The lowest BCUT2D eigenvalue weighted by atomic mass is 10.1. The smallest absolute Gasteiger partial charge is 0.251 e. The van der Waals surface area contributed by atoms with E-state index in [1.54, 1.807) is 24.3 Å². The number of benzene rings is 2. The van der Waals surface area contributed by atoms with Gasteiger partial charge in [0, 0.05) is 21.8 Å². The standard InChI is InChI=1S/C18H17BrN2O2/c19-14-6-4-12(5-7-14)10-17(22)20-16-3-1-2-13(11-16)18(23)21-15-8-9-15/h1-7,11,15H,8-10H2,(H,20,22)(H,21,23). The highest BCUT2D eigenvalue weighted by Crippen LogP contribution is 2.20. The summed E-state index contributed by atoms with van der Waals surface area (Å²) >= 11 is 3.37. The van der Waals surface area contributed by atoms with E-state index in [9.17, 15) is 9.59 Å². The van der Waals surface area contributed by atoms with Crippen molar-refractivity contribution in [1.29, 1.82) is 0 Å². The molecule has 1 aliphatic rings. The molecule has 2 aromatic rings. The summed E-state index contributed by atoms with van der Waals surface area (Å²) in [6.07, 6.45) is 2.40. The van der Waals surface area contributed by atoms with Crippen molar-refractivity contribution in [2.45, 2.75) is 25.3 Å². The van der Waals surface area contributed by atoms with Gasteiger partial charge in [0.2, 0.25) is 5.91 Å². The zero-order chi connectivity index (χ0) is 16.2. The molecule has 3 rings (SSSR count). The van der Waals surface area contributed by atoms with Gasteiger partial charge in [0.15, 0.2) is 0 Å². The molecule has 4 nitrogen and oxygen atoms in total. The highest BCUT2D eigenvalue weighted by molar-refractivity contribution is 9.10. The van der Waals surface area contributed by atoms with Gasteiger partial charge in [-0.05, 0) is 48.7 Å². The second-order valence-corrected chi connectivity index (χ2v) is 6.60. The summed E-state index contributed by atoms with van der Waals surface area (Å²) in [6, 6.07) is 15.0. The fourth-order valence-corrected chi connectivity index (χ4v) is 2.49. The Bertz CT molecular complexity index is 724. The normalized spacial score (nSPS) is 13.4. The van der Waals surface area contributed by atoms with Crippen LogP contribution in [-0.2, 0) is 11.2 Å². The minimum Gasteiger partial charge on any atom is -0.349 e. The third-order valence-electron chi connectivity index (χ3n) is 3.60. The van der Waals surface area contributed by atoms with Gasteiger partial charge in [-0.2, -0.15) is 0 Å². The number of hydrogen-bond acceptors (Lipinski definition) is 2. The average molecular weight is 373 g/mol. The van der Waals surface area contributed by atoms with Crippen molar-refractivity contribution < 1.29 is 9.59 Å². The molecule has 23 heavy (non-hydrogen) atoms. The third-order valence-corrected chi connectivity index (χ3v) is 4.13. The molecule has 0 heterocycles. The largest absolute Gasteiger partial charge is 0.349 e. The van der Waals surface area contributed by atoms with E-state index in [1.807, 2.05) is 24.3 Å². The van der Waals surface area contributed by atoms with Crippen LogP contribution < -0.4 is 10.6 Å². The summed E-state index contributed by atoms with van der Waals surface area (Å²) in [5, 5.41) is 5.78. The molecule has 0 saturated heterocycles. The lowest BCUT2D eigenvalue weighted by Crippen LogP contribution is -2.25. The maximum atomic E-state index is 12.1. The van der Waals surface area contributed by atoms with E-state index >= 15 is 0 Å². The van der Waals surface area contributed by atoms with Crippen LogP contribution in [0.3, 0.4) is 0 Å². The lowest BCUT2D eigenvalue weighted by Gasteiger charge is -2.08. The van der Waals surface area contributed by atoms with Crippen molar-refractivity contribution in [3.63, 3.8) is 0 Å². The van der Waals surface area contributed by atoms with Crippen LogP contribution in [0.4, 0.5) is 5.69 Å². The second kappa shape index (κ2) is 6.96. The van der Waals surface area contributed by atoms with E-state index in [4.69, 9.17) is 0 Å². The van der Waals surface area contributed by atoms with Gasteiger partial charge < -0.3 is 10.6 Å². The summed E-state index contributed by atoms with van der Waals surface area (Å²) in [7, 11) is 0. The molecule has 0 spiro atoms. The number of carbonyl (C=O) groups excluding carboxylic acids is 2. The van der Waals surface area contributed by atoms with Crippen LogP contribution in [0.1, 0.15) is 28.8 Å². The highest BCUT2D eigenvalue weighted by atomic mass is 79.9. The molecule has 0 unspecified atom stereocenters. The number of carbonyl (C=O) groups is 2. The number of amides is 2. The summed E-state index contributed by atoms with van der Waals surface area (Å²) in [4.78, 5) is 24.1. The number of halogens is 1. The van der Waals surface area contributed by atoms with Crippen molar-refractivity contribution in [2.24, 2.45) is 0 Å². The number of hydrogen-bond donors (Lipinski definition) is 2. The average Bonchev–Trinajstić information content (AvgIpc) is 3.34. The molecule has 0 aliphatic heterocycles. The van der Waals surface area contributed by atoms with E-state index in [1.165, 1.54) is 0 Å². The molecule has 0 aromatic heterocycles. The van der Waals surface area contributed by atoms with Gasteiger partial charge in [0.05, 0.1) is 6.42 Å². The first kappa shape index (κ1) is 15.7. The fourth-order valence-electron chi connectivity index (χ4n) is 2.23. The molecular formula is C18H17BrN2O2. The van der Waals surface area contributed by atoms with Crippen LogP contribution in [-0.4, -0.2) is 17.9 Å². The Hall–Kier alpha value is -2.14. The van der Waals surface area contributed by atoms with Gasteiger partial charge in [0.1, 0.15) is 0 Å². The maximum absolute atomic E-state index is 12.1. The first-order valence-electron chi connectivity index (χ1n) is 7.55. The van der Waals surface area contributed by atoms with Crippen LogP contribution in [0.2, 0.25) is 0 Å². The summed E-state index contributed by atoms with van der Waals surface area (Å²) in [5.74, 6) is -0.191. The summed E-state index contributed by atoms with van der Waals surface area (Å²) in [6.45, 7) is 0. The number of anilines is 1.